The van der Waals surface area contributed by atoms with Gasteiger partial charge in [-0.1, -0.05) is 18.9 Å². The lowest BCUT2D eigenvalue weighted by Gasteiger charge is -2.32. The Hall–Kier alpha value is -1.09. The van der Waals surface area contributed by atoms with Crippen molar-refractivity contribution in [2.24, 2.45) is 10.7 Å². The van der Waals surface area contributed by atoms with E-state index in [0.717, 1.165) is 44.2 Å². The molecule has 0 amide bonds. The van der Waals surface area contributed by atoms with Crippen LogP contribution in [0.15, 0.2) is 23.3 Å². The van der Waals surface area contributed by atoms with Gasteiger partial charge >= 0.3 is 0 Å². The lowest BCUT2D eigenvalue weighted by atomic mass is 10.2. The first-order valence-corrected chi connectivity index (χ1v) is 9.09. The molecule has 2 saturated heterocycles. The number of hydrogen-bond acceptors (Lipinski definition) is 4. The van der Waals surface area contributed by atoms with Gasteiger partial charge in [0.2, 0.25) is 0 Å². The smallest absolute Gasteiger partial charge is 0.191 e. The van der Waals surface area contributed by atoms with E-state index in [-0.39, 0.29) is 30.1 Å². The molecule has 140 valence electrons. The van der Waals surface area contributed by atoms with E-state index < -0.39 is 0 Å². The minimum absolute atomic E-state index is 0. The van der Waals surface area contributed by atoms with Crippen LogP contribution in [-0.2, 0) is 11.3 Å². The molecule has 3 rings (SSSR count). The summed E-state index contributed by atoms with van der Waals surface area (Å²) >= 11 is 0. The largest absolute Gasteiger partial charge is 0.375 e. The molecule has 1 aromatic rings. The van der Waals surface area contributed by atoms with E-state index in [0.29, 0.717) is 12.5 Å². The zero-order chi connectivity index (χ0) is 16.8. The molecule has 0 aliphatic carbocycles. The quantitative estimate of drug-likeness (QED) is 0.428. The van der Waals surface area contributed by atoms with E-state index in [2.05, 4.69) is 38.8 Å². The maximum absolute atomic E-state index is 6.16. The second-order valence-corrected chi connectivity index (χ2v) is 6.73. The number of pyridine rings is 1. The van der Waals surface area contributed by atoms with Crippen molar-refractivity contribution >= 4 is 35.8 Å². The summed E-state index contributed by atoms with van der Waals surface area (Å²) in [5.41, 5.74) is 7.26. The van der Waals surface area contributed by atoms with Crippen molar-refractivity contribution in [1.29, 1.82) is 0 Å². The van der Waals surface area contributed by atoms with Crippen molar-refractivity contribution in [1.82, 2.24) is 9.88 Å². The number of aromatic nitrogens is 1. The predicted molar refractivity (Wildman–Crippen MR) is 113 cm³/mol. The maximum Gasteiger partial charge on any atom is 0.191 e. The molecule has 0 aromatic carbocycles. The third-order valence-corrected chi connectivity index (χ3v) is 4.73. The zero-order valence-corrected chi connectivity index (χ0v) is 17.4. The van der Waals surface area contributed by atoms with E-state index in [1.54, 1.807) is 0 Å². The Kier molecular flexibility index (Phi) is 8.21. The standard InChI is InChI=1S/C18H29N5O.HI/c1-15-14-23(10-11-24-15)17-7-6-16(12-20-17)13-21-18(19)22-8-4-2-3-5-9-22;/h6-7,12,15H,2-5,8-11,13-14H2,1H3,(H2,19,21);1H. The van der Waals surface area contributed by atoms with Gasteiger partial charge < -0.3 is 20.3 Å². The number of halogens is 1. The number of nitrogens with two attached hydrogens (primary N) is 1. The van der Waals surface area contributed by atoms with Gasteiger partial charge in [0, 0.05) is 32.4 Å². The number of morpholine rings is 1. The summed E-state index contributed by atoms with van der Waals surface area (Å²) in [5.74, 6) is 1.68. The SMILES string of the molecule is CC1CN(c2ccc(CN=C(N)N3CCCCCC3)cn2)CCO1.I. The summed E-state index contributed by atoms with van der Waals surface area (Å²) in [6, 6.07) is 4.17. The summed E-state index contributed by atoms with van der Waals surface area (Å²) in [5, 5.41) is 0. The highest BCUT2D eigenvalue weighted by Crippen LogP contribution is 2.16. The Morgan fingerprint density at radius 1 is 1.24 bits per heavy atom. The molecule has 0 saturated carbocycles. The Morgan fingerprint density at radius 2 is 2.00 bits per heavy atom. The normalized spacial score (nSPS) is 22.3. The fraction of sp³-hybridized carbons (Fsp3) is 0.667. The average molecular weight is 459 g/mol. The molecular formula is C18H30IN5O. The summed E-state index contributed by atoms with van der Waals surface area (Å²) < 4.78 is 5.58. The van der Waals surface area contributed by atoms with Crippen molar-refractivity contribution in [2.75, 3.05) is 37.7 Å². The number of likely N-dealkylation sites (tertiary alicyclic amines) is 1. The average Bonchev–Trinajstić information content (AvgIpc) is 2.89. The van der Waals surface area contributed by atoms with Crippen molar-refractivity contribution in [3.8, 4) is 0 Å². The molecule has 2 aliphatic heterocycles. The van der Waals surface area contributed by atoms with Crippen LogP contribution >= 0.6 is 24.0 Å². The number of rotatable bonds is 3. The number of guanidine groups is 1. The van der Waals surface area contributed by atoms with Crippen LogP contribution < -0.4 is 10.6 Å². The number of nitrogens with zero attached hydrogens (tertiary/aromatic N) is 4. The predicted octanol–water partition coefficient (Wildman–Crippen LogP) is 2.62. The topological polar surface area (TPSA) is 67.0 Å². The molecule has 0 bridgehead atoms. The van der Waals surface area contributed by atoms with Crippen molar-refractivity contribution in [3.63, 3.8) is 0 Å². The maximum atomic E-state index is 6.16. The van der Waals surface area contributed by atoms with Crippen molar-refractivity contribution < 1.29 is 4.74 Å². The summed E-state index contributed by atoms with van der Waals surface area (Å²) in [6.07, 6.45) is 7.20. The third-order valence-electron chi connectivity index (χ3n) is 4.73. The van der Waals surface area contributed by atoms with E-state index in [9.17, 15) is 0 Å². The van der Waals surface area contributed by atoms with Crippen LogP contribution in [0.1, 0.15) is 38.2 Å². The van der Waals surface area contributed by atoms with Gasteiger partial charge in [-0.2, -0.15) is 0 Å². The number of aliphatic imine (C=N–C) groups is 1. The van der Waals surface area contributed by atoms with E-state index in [4.69, 9.17) is 10.5 Å². The number of ether oxygens (including phenoxy) is 1. The van der Waals surface area contributed by atoms with Crippen LogP contribution in [0.2, 0.25) is 0 Å². The summed E-state index contributed by atoms with van der Waals surface area (Å²) in [6.45, 7) is 7.31. The van der Waals surface area contributed by atoms with E-state index >= 15 is 0 Å². The Bertz CT molecular complexity index is 543. The van der Waals surface area contributed by atoms with Gasteiger partial charge in [-0.25, -0.2) is 9.98 Å². The molecule has 3 heterocycles. The molecule has 2 N–H and O–H groups in total. The van der Waals surface area contributed by atoms with E-state index in [1.165, 1.54) is 25.7 Å². The third kappa shape index (κ3) is 5.99. The molecule has 6 nitrogen and oxygen atoms in total. The first-order valence-electron chi connectivity index (χ1n) is 9.09. The minimum Gasteiger partial charge on any atom is -0.375 e. The fourth-order valence-electron chi connectivity index (χ4n) is 3.30. The first kappa shape index (κ1) is 20.2. The van der Waals surface area contributed by atoms with Gasteiger partial charge in [0.15, 0.2) is 5.96 Å². The lowest BCUT2D eigenvalue weighted by Crippen LogP contribution is -2.41. The summed E-state index contributed by atoms with van der Waals surface area (Å²) in [7, 11) is 0. The molecule has 0 spiro atoms. The Balaban J connectivity index is 0.00000225. The highest BCUT2D eigenvalue weighted by atomic mass is 127. The van der Waals surface area contributed by atoms with E-state index in [1.807, 2.05) is 6.20 Å². The monoisotopic (exact) mass is 459 g/mol. The second-order valence-electron chi connectivity index (χ2n) is 6.73. The summed E-state index contributed by atoms with van der Waals surface area (Å²) in [4.78, 5) is 13.6. The van der Waals surface area contributed by atoms with Crippen LogP contribution in [0.25, 0.3) is 0 Å². The molecule has 0 radical (unpaired) electrons. The highest BCUT2D eigenvalue weighted by molar-refractivity contribution is 14.0. The lowest BCUT2D eigenvalue weighted by molar-refractivity contribution is 0.0529. The zero-order valence-electron chi connectivity index (χ0n) is 15.1. The second kappa shape index (κ2) is 10.2. The van der Waals surface area contributed by atoms with Gasteiger partial charge in [0.1, 0.15) is 5.82 Å². The van der Waals surface area contributed by atoms with Gasteiger partial charge in [-0.15, -0.1) is 24.0 Å². The molecule has 25 heavy (non-hydrogen) atoms. The van der Waals surface area contributed by atoms with Crippen LogP contribution in [-0.4, -0.2) is 54.7 Å². The van der Waals surface area contributed by atoms with Gasteiger partial charge in [0.25, 0.3) is 0 Å². The van der Waals surface area contributed by atoms with Gasteiger partial charge in [-0.3, -0.25) is 0 Å². The van der Waals surface area contributed by atoms with Gasteiger partial charge in [0.05, 0.1) is 19.3 Å². The van der Waals surface area contributed by atoms with Crippen LogP contribution in [0, 0.1) is 0 Å². The minimum atomic E-state index is 0. The molecule has 2 fully saturated rings. The number of anilines is 1. The molecule has 1 aromatic heterocycles. The highest BCUT2D eigenvalue weighted by Gasteiger charge is 2.17. The number of hydrogen-bond donors (Lipinski definition) is 1. The first-order chi connectivity index (χ1) is 11.7. The molecule has 1 atom stereocenters. The molecular weight excluding hydrogens is 429 g/mol. The Labute approximate surface area is 167 Å². The van der Waals surface area contributed by atoms with Crippen LogP contribution in [0.3, 0.4) is 0 Å². The fourth-order valence-corrected chi connectivity index (χ4v) is 3.30. The molecule has 2 aliphatic rings. The van der Waals surface area contributed by atoms with Crippen molar-refractivity contribution in [2.45, 2.75) is 45.3 Å². The van der Waals surface area contributed by atoms with Crippen LogP contribution in [0.5, 0.6) is 0 Å². The molecule has 1 unspecified atom stereocenters. The Morgan fingerprint density at radius 3 is 2.64 bits per heavy atom. The van der Waals surface area contributed by atoms with Crippen LogP contribution in [0.4, 0.5) is 5.82 Å². The van der Waals surface area contributed by atoms with Crippen molar-refractivity contribution in [3.05, 3.63) is 23.9 Å². The molecule has 7 heteroatoms. The van der Waals surface area contributed by atoms with Gasteiger partial charge in [-0.05, 0) is 31.4 Å².